The highest BCUT2D eigenvalue weighted by atomic mass is 15.2. The summed E-state index contributed by atoms with van der Waals surface area (Å²) in [5.74, 6) is 0. The molecular formula is C14H21N3. The Morgan fingerprint density at radius 1 is 1.29 bits per heavy atom. The maximum Gasteiger partial charge on any atom is 0.0429 e. The number of fused-ring (bicyclic) bond motifs is 1. The normalized spacial score (nSPS) is 24.4. The van der Waals surface area contributed by atoms with Crippen molar-refractivity contribution in [3.8, 4) is 0 Å². The number of nitrogens with one attached hydrogen (secondary N) is 2. The molecule has 3 heteroatoms. The zero-order valence-electron chi connectivity index (χ0n) is 10.5. The quantitative estimate of drug-likeness (QED) is 0.802. The highest BCUT2D eigenvalue weighted by Gasteiger charge is 2.23. The van der Waals surface area contributed by atoms with Gasteiger partial charge in [-0.3, -0.25) is 4.90 Å². The predicted molar refractivity (Wildman–Crippen MR) is 71.6 cm³/mol. The van der Waals surface area contributed by atoms with Crippen LogP contribution in [0.15, 0.2) is 18.2 Å². The van der Waals surface area contributed by atoms with Crippen molar-refractivity contribution >= 4 is 5.69 Å². The summed E-state index contributed by atoms with van der Waals surface area (Å²) in [6.07, 6.45) is 1.18. The fourth-order valence-corrected chi connectivity index (χ4v) is 2.88. The third kappa shape index (κ3) is 2.45. The number of piperazine rings is 1. The van der Waals surface area contributed by atoms with Crippen molar-refractivity contribution in [3.05, 3.63) is 29.3 Å². The van der Waals surface area contributed by atoms with Crippen molar-refractivity contribution in [2.75, 3.05) is 38.0 Å². The van der Waals surface area contributed by atoms with Crippen molar-refractivity contribution < 1.29 is 0 Å². The second-order valence-electron chi connectivity index (χ2n) is 5.26. The molecule has 0 saturated carbocycles. The summed E-state index contributed by atoms with van der Waals surface area (Å²) in [7, 11) is 0. The molecule has 0 bridgehead atoms. The van der Waals surface area contributed by atoms with Gasteiger partial charge in [0.1, 0.15) is 0 Å². The second kappa shape index (κ2) is 4.67. The van der Waals surface area contributed by atoms with E-state index in [0.717, 1.165) is 13.1 Å². The molecule has 1 aromatic carbocycles. The fraction of sp³-hybridized carbons (Fsp3) is 0.571. The smallest absolute Gasteiger partial charge is 0.0429 e. The maximum absolute atomic E-state index is 3.65. The van der Waals surface area contributed by atoms with E-state index in [4.69, 9.17) is 0 Å². The van der Waals surface area contributed by atoms with E-state index in [1.54, 1.807) is 0 Å². The molecule has 0 amide bonds. The van der Waals surface area contributed by atoms with Gasteiger partial charge in [0.25, 0.3) is 0 Å². The largest absolute Gasteiger partial charge is 0.380 e. The van der Waals surface area contributed by atoms with E-state index in [2.05, 4.69) is 40.7 Å². The highest BCUT2D eigenvalue weighted by molar-refractivity contribution is 5.57. The number of benzene rings is 1. The van der Waals surface area contributed by atoms with Gasteiger partial charge in [-0.25, -0.2) is 0 Å². The van der Waals surface area contributed by atoms with Crippen LogP contribution in [0, 0.1) is 6.92 Å². The number of hydrogen-bond donors (Lipinski definition) is 2. The Kier molecular flexibility index (Phi) is 3.04. The van der Waals surface area contributed by atoms with Crippen LogP contribution in [0.25, 0.3) is 0 Å². The minimum Gasteiger partial charge on any atom is -0.380 e. The molecule has 2 N–H and O–H groups in total. The zero-order chi connectivity index (χ0) is 11.7. The first-order valence-electron chi connectivity index (χ1n) is 6.60. The first-order chi connectivity index (χ1) is 8.31. The van der Waals surface area contributed by atoms with Gasteiger partial charge in [0, 0.05) is 44.5 Å². The lowest BCUT2D eigenvalue weighted by Crippen LogP contribution is -2.47. The number of anilines is 1. The molecule has 17 heavy (non-hydrogen) atoms. The van der Waals surface area contributed by atoms with Gasteiger partial charge in [-0.1, -0.05) is 17.7 Å². The fourth-order valence-electron chi connectivity index (χ4n) is 2.88. The van der Waals surface area contributed by atoms with Crippen LogP contribution in [0.5, 0.6) is 0 Å². The first kappa shape index (κ1) is 11.1. The molecular weight excluding hydrogens is 210 g/mol. The Bertz CT molecular complexity index is 396. The lowest BCUT2D eigenvalue weighted by atomic mass is 10.1. The summed E-state index contributed by atoms with van der Waals surface area (Å²) >= 11 is 0. The van der Waals surface area contributed by atoms with Crippen LogP contribution in [0.3, 0.4) is 0 Å². The lowest BCUT2D eigenvalue weighted by Gasteiger charge is -2.29. The van der Waals surface area contributed by atoms with Gasteiger partial charge in [-0.15, -0.1) is 0 Å². The van der Waals surface area contributed by atoms with Crippen LogP contribution >= 0.6 is 0 Å². The topological polar surface area (TPSA) is 27.3 Å². The molecule has 2 aliphatic rings. The number of nitrogens with zero attached hydrogens (tertiary/aromatic N) is 1. The summed E-state index contributed by atoms with van der Waals surface area (Å²) in [5.41, 5.74) is 4.20. The van der Waals surface area contributed by atoms with Gasteiger partial charge in [0.05, 0.1) is 0 Å². The van der Waals surface area contributed by atoms with E-state index in [9.17, 15) is 0 Å². The van der Waals surface area contributed by atoms with Crippen molar-refractivity contribution in [1.29, 1.82) is 0 Å². The van der Waals surface area contributed by atoms with E-state index in [1.807, 2.05) is 0 Å². The number of aryl methyl sites for hydroxylation is 1. The average molecular weight is 231 g/mol. The molecule has 1 aromatic rings. The highest BCUT2D eigenvalue weighted by Crippen LogP contribution is 2.26. The summed E-state index contributed by atoms with van der Waals surface area (Å²) in [6.45, 7) is 8.00. The van der Waals surface area contributed by atoms with E-state index < -0.39 is 0 Å². The molecule has 0 spiro atoms. The molecule has 2 heterocycles. The Hall–Kier alpha value is -1.06. The SMILES string of the molecule is Cc1ccc2c(c1)CC(CN1CCNCC1)N2. The average Bonchev–Trinajstić information content (AvgIpc) is 2.71. The summed E-state index contributed by atoms with van der Waals surface area (Å²) < 4.78 is 0. The molecule has 1 fully saturated rings. The summed E-state index contributed by atoms with van der Waals surface area (Å²) in [5, 5.41) is 7.05. The molecule has 0 radical (unpaired) electrons. The van der Waals surface area contributed by atoms with Crippen molar-refractivity contribution in [1.82, 2.24) is 10.2 Å². The molecule has 1 atom stereocenters. The van der Waals surface area contributed by atoms with E-state index >= 15 is 0 Å². The van der Waals surface area contributed by atoms with Crippen LogP contribution in [0.1, 0.15) is 11.1 Å². The Balaban J connectivity index is 1.61. The van der Waals surface area contributed by atoms with Crippen molar-refractivity contribution in [3.63, 3.8) is 0 Å². The maximum atomic E-state index is 3.65. The zero-order valence-corrected chi connectivity index (χ0v) is 10.5. The monoisotopic (exact) mass is 231 g/mol. The van der Waals surface area contributed by atoms with Crippen molar-refractivity contribution in [2.45, 2.75) is 19.4 Å². The van der Waals surface area contributed by atoms with Gasteiger partial charge in [-0.2, -0.15) is 0 Å². The van der Waals surface area contributed by atoms with Crippen LogP contribution in [-0.4, -0.2) is 43.7 Å². The molecule has 1 unspecified atom stereocenters. The predicted octanol–water partition coefficient (Wildman–Crippen LogP) is 1.24. The summed E-state index contributed by atoms with van der Waals surface area (Å²) in [6, 6.07) is 7.34. The van der Waals surface area contributed by atoms with Gasteiger partial charge in [-0.05, 0) is 25.0 Å². The van der Waals surface area contributed by atoms with Crippen LogP contribution in [0.2, 0.25) is 0 Å². The van der Waals surface area contributed by atoms with Crippen LogP contribution in [-0.2, 0) is 6.42 Å². The minimum absolute atomic E-state index is 0.602. The van der Waals surface area contributed by atoms with Gasteiger partial charge in [0.15, 0.2) is 0 Å². The molecule has 3 rings (SSSR count). The minimum atomic E-state index is 0.602. The van der Waals surface area contributed by atoms with Gasteiger partial charge >= 0.3 is 0 Å². The van der Waals surface area contributed by atoms with E-state index in [-0.39, 0.29) is 0 Å². The molecule has 92 valence electrons. The first-order valence-corrected chi connectivity index (χ1v) is 6.60. The van der Waals surface area contributed by atoms with Gasteiger partial charge < -0.3 is 10.6 Å². The second-order valence-corrected chi connectivity index (χ2v) is 5.26. The van der Waals surface area contributed by atoms with Crippen LogP contribution < -0.4 is 10.6 Å². The van der Waals surface area contributed by atoms with Gasteiger partial charge in [0.2, 0.25) is 0 Å². The van der Waals surface area contributed by atoms with E-state index in [1.165, 1.54) is 42.9 Å². The molecule has 3 nitrogen and oxygen atoms in total. The molecule has 2 aliphatic heterocycles. The Morgan fingerprint density at radius 2 is 2.12 bits per heavy atom. The standard InChI is InChI=1S/C14H21N3/c1-11-2-3-14-12(8-11)9-13(16-14)10-17-6-4-15-5-7-17/h2-3,8,13,15-16H,4-7,9-10H2,1H3. The van der Waals surface area contributed by atoms with Crippen molar-refractivity contribution in [2.24, 2.45) is 0 Å². The Labute approximate surface area is 103 Å². The molecule has 1 saturated heterocycles. The third-order valence-corrected chi connectivity index (χ3v) is 3.77. The third-order valence-electron chi connectivity index (χ3n) is 3.77. The number of hydrogen-bond acceptors (Lipinski definition) is 3. The lowest BCUT2D eigenvalue weighted by molar-refractivity contribution is 0.233. The van der Waals surface area contributed by atoms with Crippen LogP contribution in [0.4, 0.5) is 5.69 Å². The number of rotatable bonds is 2. The summed E-state index contributed by atoms with van der Waals surface area (Å²) in [4.78, 5) is 2.56. The molecule has 0 aliphatic carbocycles. The Morgan fingerprint density at radius 3 is 2.94 bits per heavy atom. The van der Waals surface area contributed by atoms with E-state index in [0.29, 0.717) is 6.04 Å². The molecule has 0 aromatic heterocycles.